The molecule has 2 aromatic carbocycles. The van der Waals surface area contributed by atoms with E-state index >= 15 is 0 Å². The largest absolute Gasteiger partial charge is 0.506 e. The van der Waals surface area contributed by atoms with Gasteiger partial charge in [0.2, 0.25) is 0 Å². The maximum Gasteiger partial charge on any atom is 0.338 e. The number of carbonyl (C=O) groups is 1. The Bertz CT molecular complexity index is 1540. The Labute approximate surface area is 221 Å². The molecule has 0 fully saturated rings. The highest BCUT2D eigenvalue weighted by Crippen LogP contribution is 2.33. The van der Waals surface area contributed by atoms with Gasteiger partial charge >= 0.3 is 5.97 Å². The molecule has 0 bridgehead atoms. The minimum atomic E-state index is -0.762. The van der Waals surface area contributed by atoms with Gasteiger partial charge in [-0.25, -0.2) is 9.79 Å². The zero-order valence-corrected chi connectivity index (χ0v) is 22.4. The van der Waals surface area contributed by atoms with Crippen LogP contribution in [0.25, 0.3) is 6.08 Å². The number of phenols is 1. The molecule has 1 N–H and O–H groups in total. The van der Waals surface area contributed by atoms with Crippen LogP contribution in [0.15, 0.2) is 57.5 Å². The third kappa shape index (κ3) is 5.07. The summed E-state index contributed by atoms with van der Waals surface area (Å²) in [5.74, 6) is -0.0556. The molecule has 0 amide bonds. The molecule has 0 saturated heterocycles. The molecule has 10 heteroatoms. The van der Waals surface area contributed by atoms with Gasteiger partial charge in [0.25, 0.3) is 5.56 Å². The third-order valence-electron chi connectivity index (χ3n) is 5.44. The number of benzene rings is 2. The number of aromatic hydroxyl groups is 1. The number of hydrogen-bond acceptors (Lipinski definition) is 7. The molecule has 36 heavy (non-hydrogen) atoms. The first kappa shape index (κ1) is 26.0. The molecular formula is C26H24Cl2N2O5S. The van der Waals surface area contributed by atoms with Crippen LogP contribution < -0.4 is 19.6 Å². The van der Waals surface area contributed by atoms with E-state index < -0.39 is 12.0 Å². The summed E-state index contributed by atoms with van der Waals surface area (Å²) in [5.41, 5.74) is 1.35. The Morgan fingerprint density at radius 2 is 1.94 bits per heavy atom. The van der Waals surface area contributed by atoms with Crippen molar-refractivity contribution in [3.8, 4) is 11.5 Å². The summed E-state index contributed by atoms with van der Waals surface area (Å²) in [4.78, 5) is 31.8. The molecule has 7 nitrogen and oxygen atoms in total. The summed E-state index contributed by atoms with van der Waals surface area (Å²) in [6.07, 6.45) is 1.16. The second kappa shape index (κ2) is 10.5. The first-order valence-corrected chi connectivity index (χ1v) is 12.8. The van der Waals surface area contributed by atoms with E-state index in [0.29, 0.717) is 43.5 Å². The smallest absolute Gasteiger partial charge is 0.338 e. The molecule has 1 aliphatic rings. The van der Waals surface area contributed by atoms with Crippen LogP contribution >= 0.6 is 34.5 Å². The van der Waals surface area contributed by atoms with Crippen LogP contribution in [0.3, 0.4) is 0 Å². The molecule has 1 aliphatic heterocycles. The summed E-state index contributed by atoms with van der Waals surface area (Å²) in [5, 5.41) is 10.8. The number of carbonyl (C=O) groups excluding carboxylic acids is 1. The molecule has 3 aromatic rings. The average Bonchev–Trinajstić information content (AvgIpc) is 3.11. The van der Waals surface area contributed by atoms with Gasteiger partial charge in [-0.05, 0) is 63.6 Å². The van der Waals surface area contributed by atoms with Crippen molar-refractivity contribution in [2.75, 3.05) is 6.61 Å². The zero-order chi connectivity index (χ0) is 26.1. The monoisotopic (exact) mass is 546 g/mol. The van der Waals surface area contributed by atoms with Crippen LogP contribution in [0.1, 0.15) is 44.9 Å². The maximum atomic E-state index is 13.7. The number of aromatic nitrogens is 1. The van der Waals surface area contributed by atoms with E-state index in [0.717, 1.165) is 11.3 Å². The number of hydrogen-bond donors (Lipinski definition) is 1. The van der Waals surface area contributed by atoms with E-state index in [9.17, 15) is 14.7 Å². The molecule has 2 heterocycles. The molecule has 188 valence electrons. The van der Waals surface area contributed by atoms with Gasteiger partial charge in [-0.1, -0.05) is 46.7 Å². The van der Waals surface area contributed by atoms with Gasteiger partial charge in [0, 0.05) is 10.6 Å². The van der Waals surface area contributed by atoms with Gasteiger partial charge < -0.3 is 14.6 Å². The van der Waals surface area contributed by atoms with E-state index in [1.807, 2.05) is 19.1 Å². The van der Waals surface area contributed by atoms with Crippen LogP contribution in [-0.2, 0) is 9.53 Å². The maximum absolute atomic E-state index is 13.7. The number of phenolic OH excluding ortho intramolecular Hbond substituents is 1. The first-order chi connectivity index (χ1) is 17.1. The van der Waals surface area contributed by atoms with Gasteiger partial charge in [0.1, 0.15) is 11.5 Å². The van der Waals surface area contributed by atoms with Crippen LogP contribution in [0.4, 0.5) is 0 Å². The van der Waals surface area contributed by atoms with Crippen LogP contribution in [0.5, 0.6) is 11.5 Å². The van der Waals surface area contributed by atoms with Crippen molar-refractivity contribution >= 4 is 46.6 Å². The van der Waals surface area contributed by atoms with E-state index in [1.165, 1.54) is 22.8 Å². The van der Waals surface area contributed by atoms with Crippen molar-refractivity contribution in [1.82, 2.24) is 4.57 Å². The van der Waals surface area contributed by atoms with Crippen LogP contribution in [0.2, 0.25) is 10.0 Å². The number of esters is 1. The summed E-state index contributed by atoms with van der Waals surface area (Å²) < 4.78 is 12.8. The molecule has 0 spiro atoms. The molecule has 1 atom stereocenters. The lowest BCUT2D eigenvalue weighted by molar-refractivity contribution is -0.143. The van der Waals surface area contributed by atoms with E-state index in [2.05, 4.69) is 4.99 Å². The Balaban J connectivity index is 1.94. The molecule has 0 radical (unpaired) electrons. The van der Waals surface area contributed by atoms with Crippen molar-refractivity contribution in [3.05, 3.63) is 88.5 Å². The van der Waals surface area contributed by atoms with Crippen molar-refractivity contribution in [1.29, 1.82) is 0 Å². The zero-order valence-electron chi connectivity index (χ0n) is 20.0. The van der Waals surface area contributed by atoms with Gasteiger partial charge in [0.15, 0.2) is 4.80 Å². The fourth-order valence-electron chi connectivity index (χ4n) is 3.93. The molecule has 0 unspecified atom stereocenters. The van der Waals surface area contributed by atoms with Crippen LogP contribution in [-0.4, -0.2) is 28.4 Å². The highest BCUT2D eigenvalue weighted by atomic mass is 35.5. The third-order valence-corrected chi connectivity index (χ3v) is 6.92. The fraction of sp³-hybridized carbons (Fsp3) is 0.269. The highest BCUT2D eigenvalue weighted by Gasteiger charge is 2.33. The van der Waals surface area contributed by atoms with Crippen molar-refractivity contribution < 1.29 is 19.4 Å². The fourth-order valence-corrected chi connectivity index (χ4v) is 5.47. The average molecular weight is 547 g/mol. The van der Waals surface area contributed by atoms with E-state index in [4.69, 9.17) is 32.7 Å². The minimum absolute atomic E-state index is 0.0725. The number of nitrogens with zero attached hydrogens (tertiary/aromatic N) is 2. The van der Waals surface area contributed by atoms with E-state index in [1.54, 1.807) is 32.9 Å². The molecule has 0 saturated carbocycles. The SMILES string of the molecule is CCOc1ccc([C@@H]2C(C(=O)OC(C)C)=C(C)N=c3s/c(=C/c4cc(Cl)cc(Cl)c4O)c(=O)n32)cc1. The lowest BCUT2D eigenvalue weighted by Gasteiger charge is -2.25. The number of allylic oxidation sites excluding steroid dienone is 1. The molecule has 1 aromatic heterocycles. The van der Waals surface area contributed by atoms with Gasteiger partial charge in [-0.3, -0.25) is 9.36 Å². The number of rotatable bonds is 6. The summed E-state index contributed by atoms with van der Waals surface area (Å²) in [7, 11) is 0. The number of halogens is 2. The van der Waals surface area contributed by atoms with Crippen LogP contribution in [0, 0.1) is 0 Å². The predicted molar refractivity (Wildman–Crippen MR) is 141 cm³/mol. The lowest BCUT2D eigenvalue weighted by atomic mass is 9.96. The van der Waals surface area contributed by atoms with Crippen molar-refractivity contribution in [3.63, 3.8) is 0 Å². The molecular weight excluding hydrogens is 523 g/mol. The Morgan fingerprint density at radius 3 is 2.58 bits per heavy atom. The Kier molecular flexibility index (Phi) is 7.59. The van der Waals surface area contributed by atoms with Crippen molar-refractivity contribution in [2.45, 2.75) is 39.8 Å². The molecule has 0 aliphatic carbocycles. The summed E-state index contributed by atoms with van der Waals surface area (Å²) in [6, 6.07) is 9.39. The van der Waals surface area contributed by atoms with Gasteiger partial charge in [-0.2, -0.15) is 0 Å². The Morgan fingerprint density at radius 1 is 1.25 bits per heavy atom. The minimum Gasteiger partial charge on any atom is -0.506 e. The molecule has 4 rings (SSSR count). The van der Waals surface area contributed by atoms with Gasteiger partial charge in [0.05, 0.1) is 39.6 Å². The lowest BCUT2D eigenvalue weighted by Crippen LogP contribution is -2.40. The first-order valence-electron chi connectivity index (χ1n) is 11.2. The highest BCUT2D eigenvalue weighted by molar-refractivity contribution is 7.07. The Hall–Kier alpha value is -3.07. The normalized spacial score (nSPS) is 15.6. The second-order valence-electron chi connectivity index (χ2n) is 8.36. The summed E-state index contributed by atoms with van der Waals surface area (Å²) in [6.45, 7) is 7.65. The van der Waals surface area contributed by atoms with Crippen molar-refractivity contribution in [2.24, 2.45) is 4.99 Å². The topological polar surface area (TPSA) is 90.1 Å². The number of thiazole rings is 1. The quantitative estimate of drug-likeness (QED) is 0.456. The summed E-state index contributed by atoms with van der Waals surface area (Å²) >= 11 is 13.3. The number of fused-ring (bicyclic) bond motifs is 1. The van der Waals surface area contributed by atoms with Gasteiger partial charge in [-0.15, -0.1) is 0 Å². The second-order valence-corrected chi connectivity index (χ2v) is 10.2. The standard InChI is InChI=1S/C26H24Cl2N2O5S/c1-5-34-18-8-6-15(7-9-18)22-21(25(33)35-13(2)3)14(4)29-26-30(22)24(32)20(36-26)11-16-10-17(27)12-19(28)23(16)31/h6-13,22,31H,5H2,1-4H3/b20-11+/t22-/m1/s1. The predicted octanol–water partition coefficient (Wildman–Crippen LogP) is 4.60. The number of ether oxygens (including phenoxy) is 2. The van der Waals surface area contributed by atoms with E-state index in [-0.39, 0.29) is 28.0 Å².